The molecule has 2 atom stereocenters. The molecule has 9 nitrogen and oxygen atoms in total. The second-order valence-electron chi connectivity index (χ2n) is 8.57. The zero-order chi connectivity index (χ0) is 24.0. The summed E-state index contributed by atoms with van der Waals surface area (Å²) in [5, 5.41) is 14.8. The summed E-state index contributed by atoms with van der Waals surface area (Å²) in [6.07, 6.45) is 3.09. The average Bonchev–Trinajstić information content (AvgIpc) is 2.78. The molecular weight excluding hydrogens is 445 g/mol. The number of hydrogen-bond donors (Lipinski definition) is 3. The molecule has 3 aromatic rings. The highest BCUT2D eigenvalue weighted by Gasteiger charge is 2.49. The van der Waals surface area contributed by atoms with Gasteiger partial charge in [-0.05, 0) is 45.0 Å². The highest BCUT2D eigenvalue weighted by Crippen LogP contribution is 2.37. The lowest BCUT2D eigenvalue weighted by molar-refractivity contribution is 0.397. The quantitative estimate of drug-likeness (QED) is 0.531. The summed E-state index contributed by atoms with van der Waals surface area (Å²) in [6.45, 7) is 5.18. The molecule has 3 heterocycles. The molecule has 1 aromatic carbocycles. The van der Waals surface area contributed by atoms with Crippen molar-refractivity contribution in [3.63, 3.8) is 0 Å². The van der Waals surface area contributed by atoms with E-state index in [0.717, 1.165) is 0 Å². The van der Waals surface area contributed by atoms with E-state index in [2.05, 4.69) is 29.9 Å². The van der Waals surface area contributed by atoms with Crippen molar-refractivity contribution in [3.05, 3.63) is 48.0 Å². The Hall–Kier alpha value is -3.34. The molecule has 0 radical (unpaired) electrons. The lowest BCUT2D eigenvalue weighted by Crippen LogP contribution is -2.63. The SMILES string of the molecule is CN=[S@]1(=O)C[C@@](C)(c2cc(Nc3ccnc4nc(OC)cnc34)ccc2F)NC(=N)C1(C)C. The van der Waals surface area contributed by atoms with Crippen molar-refractivity contribution in [2.45, 2.75) is 31.1 Å². The van der Waals surface area contributed by atoms with Crippen molar-refractivity contribution in [1.29, 1.82) is 5.41 Å². The third kappa shape index (κ3) is 3.75. The van der Waals surface area contributed by atoms with Crippen molar-refractivity contribution in [1.82, 2.24) is 20.3 Å². The molecule has 2 aromatic heterocycles. The first kappa shape index (κ1) is 22.8. The molecule has 0 amide bonds. The average molecular weight is 472 g/mol. The lowest BCUT2D eigenvalue weighted by atomic mass is 9.91. The smallest absolute Gasteiger partial charge is 0.234 e. The van der Waals surface area contributed by atoms with Crippen LogP contribution in [0.4, 0.5) is 15.8 Å². The molecule has 11 heteroatoms. The first-order valence-electron chi connectivity index (χ1n) is 10.3. The highest BCUT2D eigenvalue weighted by molar-refractivity contribution is 7.95. The molecule has 0 aliphatic carbocycles. The number of methoxy groups -OCH3 is 1. The van der Waals surface area contributed by atoms with E-state index in [-0.39, 0.29) is 17.2 Å². The van der Waals surface area contributed by atoms with E-state index in [0.29, 0.717) is 28.4 Å². The first-order chi connectivity index (χ1) is 15.5. The van der Waals surface area contributed by atoms with Gasteiger partial charge in [-0.1, -0.05) is 0 Å². The molecule has 3 N–H and O–H groups in total. The topological polar surface area (TPSA) is 125 Å². The van der Waals surface area contributed by atoms with E-state index in [1.807, 2.05) is 0 Å². The Morgan fingerprint density at radius 3 is 2.73 bits per heavy atom. The van der Waals surface area contributed by atoms with Gasteiger partial charge in [0.2, 0.25) is 5.88 Å². The van der Waals surface area contributed by atoms with Gasteiger partial charge in [0.1, 0.15) is 21.9 Å². The van der Waals surface area contributed by atoms with Crippen molar-refractivity contribution in [2.24, 2.45) is 4.36 Å². The summed E-state index contributed by atoms with van der Waals surface area (Å²) in [6, 6.07) is 6.34. The Labute approximate surface area is 191 Å². The Kier molecular flexibility index (Phi) is 5.47. The summed E-state index contributed by atoms with van der Waals surface area (Å²) >= 11 is 0. The number of halogens is 1. The number of hydrogen-bond acceptors (Lipinski definition) is 8. The van der Waals surface area contributed by atoms with Gasteiger partial charge in [0.15, 0.2) is 5.65 Å². The van der Waals surface area contributed by atoms with E-state index in [4.69, 9.17) is 10.1 Å². The van der Waals surface area contributed by atoms with Crippen LogP contribution in [0.2, 0.25) is 0 Å². The predicted octanol–water partition coefficient (Wildman–Crippen LogP) is 3.59. The minimum absolute atomic E-state index is 0.0639. The number of nitrogens with one attached hydrogen (secondary N) is 3. The maximum absolute atomic E-state index is 15.0. The number of nitrogens with zero attached hydrogens (tertiary/aromatic N) is 4. The number of ether oxygens (including phenoxy) is 1. The van der Waals surface area contributed by atoms with Crippen molar-refractivity contribution in [3.8, 4) is 5.88 Å². The molecule has 1 aliphatic rings. The van der Waals surface area contributed by atoms with Crippen molar-refractivity contribution < 1.29 is 13.3 Å². The van der Waals surface area contributed by atoms with Crippen LogP contribution in [0.25, 0.3) is 11.2 Å². The van der Waals surface area contributed by atoms with Gasteiger partial charge in [-0.25, -0.2) is 22.9 Å². The van der Waals surface area contributed by atoms with Crippen LogP contribution >= 0.6 is 0 Å². The first-order valence-corrected chi connectivity index (χ1v) is 11.9. The fourth-order valence-electron chi connectivity index (χ4n) is 3.92. The zero-order valence-corrected chi connectivity index (χ0v) is 19.9. The van der Waals surface area contributed by atoms with Crippen LogP contribution in [0, 0.1) is 11.2 Å². The van der Waals surface area contributed by atoms with Crippen LogP contribution in [0.5, 0.6) is 5.88 Å². The molecule has 0 saturated carbocycles. The molecule has 33 heavy (non-hydrogen) atoms. The number of amidine groups is 1. The van der Waals surface area contributed by atoms with Crippen LogP contribution < -0.4 is 15.4 Å². The minimum atomic E-state index is -2.82. The Morgan fingerprint density at radius 1 is 1.27 bits per heavy atom. The molecule has 0 bridgehead atoms. The van der Waals surface area contributed by atoms with Gasteiger partial charge in [0.25, 0.3) is 0 Å². The molecule has 1 aliphatic heterocycles. The van der Waals surface area contributed by atoms with E-state index in [1.54, 1.807) is 45.2 Å². The summed E-state index contributed by atoms with van der Waals surface area (Å²) in [4.78, 5) is 12.9. The third-order valence-corrected chi connectivity index (χ3v) is 9.41. The maximum atomic E-state index is 15.0. The second-order valence-corrected chi connectivity index (χ2v) is 11.5. The number of rotatable bonds is 4. The number of anilines is 2. The lowest BCUT2D eigenvalue weighted by Gasteiger charge is -2.45. The fraction of sp³-hybridized carbons (Fsp3) is 0.364. The molecular formula is C22H26FN7O2S. The molecule has 0 unspecified atom stereocenters. The highest BCUT2D eigenvalue weighted by atomic mass is 32.2. The van der Waals surface area contributed by atoms with Gasteiger partial charge >= 0.3 is 0 Å². The van der Waals surface area contributed by atoms with E-state index >= 15 is 4.39 Å². The number of fused-ring (bicyclic) bond motifs is 1. The maximum Gasteiger partial charge on any atom is 0.234 e. The second kappa shape index (κ2) is 7.91. The van der Waals surface area contributed by atoms with Gasteiger partial charge in [0.05, 0.1) is 40.0 Å². The van der Waals surface area contributed by atoms with Crippen LogP contribution in [0.15, 0.2) is 41.0 Å². The monoisotopic (exact) mass is 471 g/mol. The standard InChI is InChI=1S/C22H26FN7O2S/c1-21(2)20(24)30-22(3,12-33(21,31)25-4)14-10-13(6-7-15(14)23)28-16-8-9-26-19-18(16)27-11-17(29-19)32-5/h6-11H,12H2,1-5H3,(H2,24,30)(H,26,28,29)/t22-,33-/m0/s1. The van der Waals surface area contributed by atoms with Crippen LogP contribution in [-0.4, -0.2) is 49.7 Å². The molecule has 0 spiro atoms. The Morgan fingerprint density at radius 2 is 2.03 bits per heavy atom. The summed E-state index contributed by atoms with van der Waals surface area (Å²) in [7, 11) is 0.168. The van der Waals surface area contributed by atoms with Crippen molar-refractivity contribution >= 4 is 38.1 Å². The molecule has 1 saturated heterocycles. The van der Waals surface area contributed by atoms with Crippen LogP contribution in [0.3, 0.4) is 0 Å². The molecule has 1 fully saturated rings. The van der Waals surface area contributed by atoms with Gasteiger partial charge in [-0.3, -0.25) is 5.41 Å². The molecule has 4 rings (SSSR count). The Bertz CT molecular complexity index is 1380. The Balaban J connectivity index is 1.75. The number of aromatic nitrogens is 3. The van der Waals surface area contributed by atoms with Crippen molar-refractivity contribution in [2.75, 3.05) is 25.2 Å². The molecule has 174 valence electrons. The van der Waals surface area contributed by atoms with Gasteiger partial charge in [-0.15, -0.1) is 0 Å². The van der Waals surface area contributed by atoms with E-state index < -0.39 is 25.8 Å². The van der Waals surface area contributed by atoms with Gasteiger partial charge in [0, 0.05) is 24.5 Å². The fourth-order valence-corrected chi connectivity index (χ4v) is 6.24. The predicted molar refractivity (Wildman–Crippen MR) is 127 cm³/mol. The normalized spacial score (nSPS) is 24.2. The number of pyridine rings is 1. The van der Waals surface area contributed by atoms with Crippen LogP contribution in [-0.2, 0) is 15.3 Å². The third-order valence-electron chi connectivity index (χ3n) is 6.05. The summed E-state index contributed by atoms with van der Waals surface area (Å²) in [5.41, 5.74) is 1.37. The van der Waals surface area contributed by atoms with Gasteiger partial charge < -0.3 is 15.4 Å². The van der Waals surface area contributed by atoms with E-state index in [9.17, 15) is 4.21 Å². The minimum Gasteiger partial charge on any atom is -0.480 e. The number of benzene rings is 1. The van der Waals surface area contributed by atoms with E-state index in [1.165, 1.54) is 26.4 Å². The largest absolute Gasteiger partial charge is 0.480 e. The van der Waals surface area contributed by atoms with Crippen LogP contribution in [0.1, 0.15) is 26.3 Å². The zero-order valence-electron chi connectivity index (χ0n) is 19.1. The summed E-state index contributed by atoms with van der Waals surface area (Å²) in [5.74, 6) is 0.0113. The van der Waals surface area contributed by atoms with Gasteiger partial charge in [-0.2, -0.15) is 4.98 Å². The summed E-state index contributed by atoms with van der Waals surface area (Å²) < 4.78 is 36.9.